The largest absolute Gasteiger partial charge is 0.454 e. The van der Waals surface area contributed by atoms with E-state index in [1.807, 2.05) is 0 Å². The number of likely N-dealkylation sites (tertiary alicyclic amines) is 1. The molecule has 7 heteroatoms. The molecular weight excluding hydrogens is 300 g/mol. The smallest absolute Gasteiger partial charge is 0.326 e. The highest BCUT2D eigenvalue weighted by Crippen LogP contribution is 2.22. The first-order valence-electron chi connectivity index (χ1n) is 7.46. The molecule has 120 valence electrons. The van der Waals surface area contributed by atoms with E-state index in [1.165, 1.54) is 12.1 Å². The van der Waals surface area contributed by atoms with E-state index in [-0.39, 0.29) is 23.6 Å². The van der Waals surface area contributed by atoms with Crippen LogP contribution in [0.5, 0.6) is 0 Å². The van der Waals surface area contributed by atoms with Crippen LogP contribution >= 0.6 is 0 Å². The van der Waals surface area contributed by atoms with Crippen LogP contribution < -0.4 is 0 Å². The lowest BCUT2D eigenvalue weighted by atomic mass is 10.1. The van der Waals surface area contributed by atoms with E-state index < -0.39 is 24.3 Å². The summed E-state index contributed by atoms with van der Waals surface area (Å²) in [6.45, 7) is 0.505. The number of benzene rings is 1. The highest BCUT2D eigenvalue weighted by Gasteiger charge is 2.36. The number of esters is 1. The van der Waals surface area contributed by atoms with Gasteiger partial charge in [-0.1, -0.05) is 12.1 Å². The average Bonchev–Trinajstić information content (AvgIpc) is 3.17. The predicted octanol–water partition coefficient (Wildman–Crippen LogP) is 0.448. The van der Waals surface area contributed by atoms with Gasteiger partial charge in [-0.25, -0.2) is 0 Å². The molecular formula is C16H16N2O5. The first-order chi connectivity index (χ1) is 11.1. The maximum atomic E-state index is 12.1. The van der Waals surface area contributed by atoms with Crippen molar-refractivity contribution in [3.63, 3.8) is 0 Å². The molecule has 0 bridgehead atoms. The summed E-state index contributed by atoms with van der Waals surface area (Å²) < 4.78 is 4.90. The Morgan fingerprint density at radius 2 is 1.57 bits per heavy atom. The van der Waals surface area contributed by atoms with Crippen LogP contribution in [0.2, 0.25) is 0 Å². The molecule has 2 heterocycles. The van der Waals surface area contributed by atoms with Crippen LogP contribution in [0.1, 0.15) is 33.6 Å². The van der Waals surface area contributed by atoms with Gasteiger partial charge >= 0.3 is 5.97 Å². The van der Waals surface area contributed by atoms with Gasteiger partial charge in [-0.3, -0.25) is 24.1 Å². The molecule has 7 nitrogen and oxygen atoms in total. The standard InChI is InChI=1S/C16H16N2O5/c19-13(17-7-3-4-8-17)10-23-14(20)9-18-15(21)11-5-1-2-6-12(11)16(18)22/h1-2,5-6H,3-4,7-10H2. The molecule has 3 rings (SSSR count). The van der Waals surface area contributed by atoms with Crippen molar-refractivity contribution in [1.29, 1.82) is 0 Å². The summed E-state index contributed by atoms with van der Waals surface area (Å²) >= 11 is 0. The molecule has 0 aromatic heterocycles. The number of amides is 3. The van der Waals surface area contributed by atoms with Gasteiger partial charge in [0.2, 0.25) is 0 Å². The SMILES string of the molecule is O=C(CN1C(=O)c2ccccc2C1=O)OCC(=O)N1CCCC1. The highest BCUT2D eigenvalue weighted by atomic mass is 16.5. The molecule has 1 saturated heterocycles. The third-order valence-electron chi connectivity index (χ3n) is 3.98. The van der Waals surface area contributed by atoms with E-state index in [0.717, 1.165) is 17.7 Å². The summed E-state index contributed by atoms with van der Waals surface area (Å²) in [5, 5.41) is 0. The Bertz CT molecular complexity index is 644. The molecule has 23 heavy (non-hydrogen) atoms. The molecule has 0 atom stereocenters. The Kier molecular flexibility index (Phi) is 4.10. The zero-order valence-corrected chi connectivity index (χ0v) is 12.5. The summed E-state index contributed by atoms with van der Waals surface area (Å²) in [5.74, 6) is -2.06. The van der Waals surface area contributed by atoms with Crippen molar-refractivity contribution in [3.05, 3.63) is 35.4 Å². The zero-order chi connectivity index (χ0) is 16.4. The van der Waals surface area contributed by atoms with Crippen molar-refractivity contribution < 1.29 is 23.9 Å². The lowest BCUT2D eigenvalue weighted by molar-refractivity contribution is -0.151. The number of carbonyl (C=O) groups excluding carboxylic acids is 4. The number of carbonyl (C=O) groups is 4. The number of hydrogen-bond donors (Lipinski definition) is 0. The van der Waals surface area contributed by atoms with Crippen molar-refractivity contribution in [2.75, 3.05) is 26.2 Å². The summed E-state index contributed by atoms with van der Waals surface area (Å²) in [6, 6.07) is 6.39. The third kappa shape index (κ3) is 2.94. The van der Waals surface area contributed by atoms with Crippen molar-refractivity contribution in [2.24, 2.45) is 0 Å². The predicted molar refractivity (Wildman–Crippen MR) is 78.6 cm³/mol. The van der Waals surface area contributed by atoms with Gasteiger partial charge in [0, 0.05) is 13.1 Å². The number of ether oxygens (including phenoxy) is 1. The number of imide groups is 1. The van der Waals surface area contributed by atoms with Gasteiger partial charge in [-0.05, 0) is 25.0 Å². The normalized spacial score (nSPS) is 16.7. The third-order valence-corrected chi connectivity index (χ3v) is 3.98. The molecule has 1 aromatic rings. The molecule has 2 aliphatic rings. The molecule has 0 aliphatic carbocycles. The van der Waals surface area contributed by atoms with Crippen molar-refractivity contribution in [2.45, 2.75) is 12.8 Å². The molecule has 0 spiro atoms. The minimum atomic E-state index is -0.771. The van der Waals surface area contributed by atoms with E-state index in [4.69, 9.17) is 4.74 Å². The van der Waals surface area contributed by atoms with Crippen LogP contribution in [-0.2, 0) is 14.3 Å². The number of hydrogen-bond acceptors (Lipinski definition) is 5. The summed E-state index contributed by atoms with van der Waals surface area (Å²) in [7, 11) is 0. The second kappa shape index (κ2) is 6.20. The van der Waals surface area contributed by atoms with Crippen LogP contribution in [0, 0.1) is 0 Å². The Balaban J connectivity index is 1.55. The highest BCUT2D eigenvalue weighted by molar-refractivity contribution is 6.22. The Hall–Kier alpha value is -2.70. The minimum absolute atomic E-state index is 0.252. The van der Waals surface area contributed by atoms with Gasteiger partial charge < -0.3 is 9.64 Å². The quantitative estimate of drug-likeness (QED) is 0.595. The monoisotopic (exact) mass is 316 g/mol. The first kappa shape index (κ1) is 15.2. The lowest BCUT2D eigenvalue weighted by Crippen LogP contribution is -2.37. The Morgan fingerprint density at radius 3 is 2.13 bits per heavy atom. The molecule has 3 amide bonds. The van der Waals surface area contributed by atoms with Gasteiger partial charge in [-0.2, -0.15) is 0 Å². The Morgan fingerprint density at radius 1 is 1.00 bits per heavy atom. The second-order valence-corrected chi connectivity index (χ2v) is 5.49. The maximum absolute atomic E-state index is 12.1. The molecule has 0 unspecified atom stereocenters. The van der Waals surface area contributed by atoms with Crippen molar-refractivity contribution in [1.82, 2.24) is 9.80 Å². The maximum Gasteiger partial charge on any atom is 0.326 e. The van der Waals surface area contributed by atoms with E-state index in [9.17, 15) is 19.2 Å². The van der Waals surface area contributed by atoms with E-state index in [0.29, 0.717) is 13.1 Å². The van der Waals surface area contributed by atoms with Gasteiger partial charge in [0.05, 0.1) is 11.1 Å². The van der Waals surface area contributed by atoms with Gasteiger partial charge in [-0.15, -0.1) is 0 Å². The second-order valence-electron chi connectivity index (χ2n) is 5.49. The molecule has 0 N–H and O–H groups in total. The fourth-order valence-electron chi connectivity index (χ4n) is 2.76. The molecule has 1 aromatic carbocycles. The van der Waals surface area contributed by atoms with Crippen LogP contribution in [0.25, 0.3) is 0 Å². The first-order valence-corrected chi connectivity index (χ1v) is 7.46. The number of fused-ring (bicyclic) bond motifs is 1. The average molecular weight is 316 g/mol. The fraction of sp³-hybridized carbons (Fsp3) is 0.375. The molecule has 0 radical (unpaired) electrons. The van der Waals surface area contributed by atoms with Crippen molar-refractivity contribution in [3.8, 4) is 0 Å². The summed E-state index contributed by atoms with van der Waals surface area (Å²) in [6.07, 6.45) is 1.91. The Labute approximate surface area is 132 Å². The number of rotatable bonds is 4. The molecule has 0 saturated carbocycles. The van der Waals surface area contributed by atoms with E-state index in [1.54, 1.807) is 17.0 Å². The fourth-order valence-corrected chi connectivity index (χ4v) is 2.76. The number of nitrogens with zero attached hydrogens (tertiary/aromatic N) is 2. The minimum Gasteiger partial charge on any atom is -0.454 e. The zero-order valence-electron chi connectivity index (χ0n) is 12.5. The van der Waals surface area contributed by atoms with Crippen LogP contribution in [0.3, 0.4) is 0 Å². The summed E-state index contributed by atoms with van der Waals surface area (Å²) in [4.78, 5) is 50.3. The van der Waals surface area contributed by atoms with Crippen LogP contribution in [-0.4, -0.2) is 59.7 Å². The topological polar surface area (TPSA) is 84.0 Å². The van der Waals surface area contributed by atoms with E-state index in [2.05, 4.69) is 0 Å². The molecule has 2 aliphatic heterocycles. The van der Waals surface area contributed by atoms with Crippen molar-refractivity contribution >= 4 is 23.7 Å². The van der Waals surface area contributed by atoms with E-state index >= 15 is 0 Å². The van der Waals surface area contributed by atoms with Gasteiger partial charge in [0.25, 0.3) is 17.7 Å². The van der Waals surface area contributed by atoms with Crippen LogP contribution in [0.15, 0.2) is 24.3 Å². The summed E-state index contributed by atoms with van der Waals surface area (Å²) in [5.41, 5.74) is 0.553. The lowest BCUT2D eigenvalue weighted by Gasteiger charge is -2.16. The van der Waals surface area contributed by atoms with Gasteiger partial charge in [0.15, 0.2) is 6.61 Å². The van der Waals surface area contributed by atoms with Crippen LogP contribution in [0.4, 0.5) is 0 Å². The van der Waals surface area contributed by atoms with Gasteiger partial charge in [0.1, 0.15) is 6.54 Å². The molecule has 1 fully saturated rings.